The van der Waals surface area contributed by atoms with Crippen molar-refractivity contribution in [2.24, 2.45) is 5.73 Å². The van der Waals surface area contributed by atoms with Crippen LogP contribution in [0.4, 0.5) is 0 Å². The molecular weight excluding hydrogens is 260 g/mol. The number of imidazole rings is 1. The maximum atomic E-state index is 6.35. The minimum atomic E-state index is -0.0477. The van der Waals surface area contributed by atoms with Crippen molar-refractivity contribution >= 4 is 11.0 Å². The van der Waals surface area contributed by atoms with Gasteiger partial charge >= 0.3 is 0 Å². The van der Waals surface area contributed by atoms with E-state index in [1.54, 1.807) is 0 Å². The molecule has 2 N–H and O–H groups in total. The SMILES string of the molecule is CC(C)n1c(CC(N)c2ccccc2)nc2cnccc21. The van der Waals surface area contributed by atoms with Gasteiger partial charge in [0.05, 0.1) is 11.7 Å². The molecule has 2 aromatic heterocycles. The molecule has 0 saturated heterocycles. The summed E-state index contributed by atoms with van der Waals surface area (Å²) in [6.07, 6.45) is 4.34. The number of nitrogens with two attached hydrogens (primary N) is 1. The molecule has 108 valence electrons. The molecular formula is C17H20N4. The molecule has 0 aliphatic rings. The van der Waals surface area contributed by atoms with Crippen LogP contribution in [0.5, 0.6) is 0 Å². The van der Waals surface area contributed by atoms with E-state index in [-0.39, 0.29) is 6.04 Å². The van der Waals surface area contributed by atoms with Gasteiger partial charge in [0.2, 0.25) is 0 Å². The van der Waals surface area contributed by atoms with Gasteiger partial charge in [-0.1, -0.05) is 30.3 Å². The third kappa shape index (κ3) is 2.67. The number of hydrogen-bond donors (Lipinski definition) is 1. The lowest BCUT2D eigenvalue weighted by molar-refractivity contribution is 0.561. The van der Waals surface area contributed by atoms with Crippen LogP contribution >= 0.6 is 0 Å². The number of hydrogen-bond acceptors (Lipinski definition) is 3. The van der Waals surface area contributed by atoms with Gasteiger partial charge in [-0.25, -0.2) is 4.98 Å². The Labute approximate surface area is 124 Å². The summed E-state index contributed by atoms with van der Waals surface area (Å²) in [6.45, 7) is 4.33. The molecule has 0 aliphatic heterocycles. The average molecular weight is 280 g/mol. The van der Waals surface area contributed by atoms with Crippen LogP contribution in [0, 0.1) is 0 Å². The van der Waals surface area contributed by atoms with Gasteiger partial charge in [-0.05, 0) is 25.5 Å². The Hall–Kier alpha value is -2.20. The second kappa shape index (κ2) is 5.66. The standard InChI is InChI=1S/C17H20N4/c1-12(2)21-16-8-9-19-11-15(16)20-17(21)10-14(18)13-6-4-3-5-7-13/h3-9,11-12,14H,10,18H2,1-2H3. The number of fused-ring (bicyclic) bond motifs is 1. The maximum Gasteiger partial charge on any atom is 0.112 e. The predicted molar refractivity (Wildman–Crippen MR) is 85.0 cm³/mol. The molecule has 4 heteroatoms. The second-order valence-electron chi connectivity index (χ2n) is 5.58. The largest absolute Gasteiger partial charge is 0.325 e. The van der Waals surface area contributed by atoms with E-state index in [0.717, 1.165) is 28.8 Å². The first-order valence-electron chi connectivity index (χ1n) is 7.28. The fraction of sp³-hybridized carbons (Fsp3) is 0.294. The van der Waals surface area contributed by atoms with Gasteiger partial charge < -0.3 is 10.3 Å². The maximum absolute atomic E-state index is 6.35. The van der Waals surface area contributed by atoms with Gasteiger partial charge in [0.25, 0.3) is 0 Å². The van der Waals surface area contributed by atoms with E-state index >= 15 is 0 Å². The van der Waals surface area contributed by atoms with E-state index < -0.39 is 0 Å². The Morgan fingerprint density at radius 1 is 1.14 bits per heavy atom. The fourth-order valence-corrected chi connectivity index (χ4v) is 2.74. The summed E-state index contributed by atoms with van der Waals surface area (Å²) in [5, 5.41) is 0. The zero-order valence-corrected chi connectivity index (χ0v) is 12.4. The topological polar surface area (TPSA) is 56.7 Å². The third-order valence-electron chi connectivity index (χ3n) is 3.71. The van der Waals surface area contributed by atoms with Crippen molar-refractivity contribution in [2.45, 2.75) is 32.4 Å². The molecule has 4 nitrogen and oxygen atoms in total. The van der Waals surface area contributed by atoms with Crippen molar-refractivity contribution in [3.63, 3.8) is 0 Å². The summed E-state index contributed by atoms with van der Waals surface area (Å²) in [6, 6.07) is 12.5. The summed E-state index contributed by atoms with van der Waals surface area (Å²) in [4.78, 5) is 8.88. The van der Waals surface area contributed by atoms with Crippen molar-refractivity contribution in [3.05, 3.63) is 60.2 Å². The van der Waals surface area contributed by atoms with Crippen LogP contribution in [-0.4, -0.2) is 14.5 Å². The molecule has 2 heterocycles. The second-order valence-corrected chi connectivity index (χ2v) is 5.58. The summed E-state index contributed by atoms with van der Waals surface area (Å²) >= 11 is 0. The molecule has 0 fully saturated rings. The quantitative estimate of drug-likeness (QED) is 0.798. The average Bonchev–Trinajstić information content (AvgIpc) is 2.86. The number of pyridine rings is 1. The lowest BCUT2D eigenvalue weighted by atomic mass is 10.0. The summed E-state index contributed by atoms with van der Waals surface area (Å²) in [5.41, 5.74) is 9.54. The minimum absolute atomic E-state index is 0.0477. The highest BCUT2D eigenvalue weighted by atomic mass is 15.1. The highest BCUT2D eigenvalue weighted by Crippen LogP contribution is 2.23. The van der Waals surface area contributed by atoms with Gasteiger partial charge in [0.1, 0.15) is 11.3 Å². The lowest BCUT2D eigenvalue weighted by Gasteiger charge is -2.16. The van der Waals surface area contributed by atoms with Gasteiger partial charge in [-0.2, -0.15) is 0 Å². The van der Waals surface area contributed by atoms with Crippen molar-refractivity contribution in [1.29, 1.82) is 0 Å². The summed E-state index contributed by atoms with van der Waals surface area (Å²) in [7, 11) is 0. The van der Waals surface area contributed by atoms with Crippen molar-refractivity contribution in [1.82, 2.24) is 14.5 Å². The third-order valence-corrected chi connectivity index (χ3v) is 3.71. The summed E-state index contributed by atoms with van der Waals surface area (Å²) in [5.74, 6) is 1.02. The normalized spacial score (nSPS) is 13.0. The first kappa shape index (κ1) is 13.8. The molecule has 0 aliphatic carbocycles. The zero-order chi connectivity index (χ0) is 14.8. The molecule has 21 heavy (non-hydrogen) atoms. The van der Waals surface area contributed by atoms with Crippen LogP contribution in [0.3, 0.4) is 0 Å². The smallest absolute Gasteiger partial charge is 0.112 e. The Balaban J connectivity index is 1.98. The van der Waals surface area contributed by atoms with Crippen LogP contribution in [-0.2, 0) is 6.42 Å². The number of nitrogens with zero attached hydrogens (tertiary/aromatic N) is 3. The van der Waals surface area contributed by atoms with E-state index in [0.29, 0.717) is 6.04 Å². The van der Waals surface area contributed by atoms with Crippen LogP contribution in [0.25, 0.3) is 11.0 Å². The van der Waals surface area contributed by atoms with Crippen LogP contribution < -0.4 is 5.73 Å². The molecule has 0 saturated carbocycles. The van der Waals surface area contributed by atoms with E-state index in [4.69, 9.17) is 10.7 Å². The number of benzene rings is 1. The molecule has 3 rings (SSSR count). The molecule has 0 spiro atoms. The monoisotopic (exact) mass is 280 g/mol. The first-order chi connectivity index (χ1) is 10.2. The molecule has 0 bridgehead atoms. The minimum Gasteiger partial charge on any atom is -0.325 e. The van der Waals surface area contributed by atoms with Crippen molar-refractivity contribution in [3.8, 4) is 0 Å². The van der Waals surface area contributed by atoms with Gasteiger partial charge in [0.15, 0.2) is 0 Å². The van der Waals surface area contributed by atoms with E-state index in [2.05, 4.69) is 35.5 Å². The Morgan fingerprint density at radius 3 is 2.62 bits per heavy atom. The van der Waals surface area contributed by atoms with E-state index in [9.17, 15) is 0 Å². The molecule has 1 aromatic carbocycles. The van der Waals surface area contributed by atoms with Gasteiger partial charge in [0, 0.05) is 24.7 Å². The Bertz CT molecular complexity index is 731. The Morgan fingerprint density at radius 2 is 1.90 bits per heavy atom. The van der Waals surface area contributed by atoms with Crippen LogP contribution in [0.2, 0.25) is 0 Å². The lowest BCUT2D eigenvalue weighted by Crippen LogP contribution is -2.17. The van der Waals surface area contributed by atoms with E-state index in [1.165, 1.54) is 0 Å². The van der Waals surface area contributed by atoms with Crippen LogP contribution in [0.15, 0.2) is 48.8 Å². The molecule has 0 radical (unpaired) electrons. The summed E-state index contributed by atoms with van der Waals surface area (Å²) < 4.78 is 2.25. The van der Waals surface area contributed by atoms with Crippen molar-refractivity contribution < 1.29 is 0 Å². The molecule has 1 unspecified atom stereocenters. The van der Waals surface area contributed by atoms with Crippen LogP contribution in [0.1, 0.15) is 37.3 Å². The molecule has 0 amide bonds. The first-order valence-corrected chi connectivity index (χ1v) is 7.28. The predicted octanol–water partition coefficient (Wildman–Crippen LogP) is 3.25. The number of rotatable bonds is 4. The fourth-order valence-electron chi connectivity index (χ4n) is 2.74. The highest BCUT2D eigenvalue weighted by Gasteiger charge is 2.16. The highest BCUT2D eigenvalue weighted by molar-refractivity contribution is 5.74. The van der Waals surface area contributed by atoms with Gasteiger partial charge in [-0.15, -0.1) is 0 Å². The number of aromatic nitrogens is 3. The molecule has 1 atom stereocenters. The Kier molecular flexibility index (Phi) is 3.71. The zero-order valence-electron chi connectivity index (χ0n) is 12.4. The molecule has 3 aromatic rings. The van der Waals surface area contributed by atoms with E-state index in [1.807, 2.05) is 36.7 Å². The van der Waals surface area contributed by atoms with Gasteiger partial charge in [-0.3, -0.25) is 4.98 Å². The van der Waals surface area contributed by atoms with Crippen molar-refractivity contribution in [2.75, 3.05) is 0 Å².